The third-order valence-electron chi connectivity index (χ3n) is 2.16. The van der Waals surface area contributed by atoms with Gasteiger partial charge in [0, 0.05) is 19.3 Å². The number of ether oxygens (including phenoxy) is 1. The van der Waals surface area contributed by atoms with Crippen LogP contribution in [0.1, 0.15) is 31.9 Å². The lowest BCUT2D eigenvalue weighted by molar-refractivity contribution is 0.144. The number of hydrogen-bond acceptors (Lipinski definition) is 3. The van der Waals surface area contributed by atoms with Crippen LogP contribution in [0.3, 0.4) is 0 Å². The van der Waals surface area contributed by atoms with E-state index in [1.807, 2.05) is 6.92 Å². The van der Waals surface area contributed by atoms with E-state index in [9.17, 15) is 0 Å². The number of hydrogen-bond donors (Lipinski definition) is 1. The standard InChI is InChI=1S/C11H19NOS/c1-3-13-7-4-6-12-10(2)11-5-8-14-9-11/h5,8-10,12H,3-4,6-7H2,1-2H3. The molecule has 3 heteroatoms. The van der Waals surface area contributed by atoms with Gasteiger partial charge >= 0.3 is 0 Å². The molecule has 0 saturated carbocycles. The summed E-state index contributed by atoms with van der Waals surface area (Å²) in [6.07, 6.45) is 1.09. The molecule has 2 nitrogen and oxygen atoms in total. The van der Waals surface area contributed by atoms with E-state index in [2.05, 4.69) is 29.1 Å². The molecule has 1 unspecified atom stereocenters. The SMILES string of the molecule is CCOCCCNC(C)c1ccsc1. The molecule has 1 aromatic rings. The van der Waals surface area contributed by atoms with Crippen molar-refractivity contribution in [3.05, 3.63) is 22.4 Å². The average Bonchev–Trinajstić information content (AvgIpc) is 2.70. The van der Waals surface area contributed by atoms with E-state index in [1.54, 1.807) is 11.3 Å². The molecule has 0 aromatic carbocycles. The third-order valence-corrected chi connectivity index (χ3v) is 2.86. The summed E-state index contributed by atoms with van der Waals surface area (Å²) in [5, 5.41) is 7.78. The first-order valence-electron chi connectivity index (χ1n) is 5.17. The van der Waals surface area contributed by atoms with E-state index >= 15 is 0 Å². The number of thiophene rings is 1. The maximum atomic E-state index is 5.27. The Morgan fingerprint density at radius 2 is 2.43 bits per heavy atom. The zero-order chi connectivity index (χ0) is 10.2. The Labute approximate surface area is 90.3 Å². The summed E-state index contributed by atoms with van der Waals surface area (Å²) in [5.74, 6) is 0. The smallest absolute Gasteiger partial charge is 0.0477 e. The lowest BCUT2D eigenvalue weighted by atomic mass is 10.2. The van der Waals surface area contributed by atoms with Crippen LogP contribution < -0.4 is 5.32 Å². The predicted octanol–water partition coefficient (Wildman–Crippen LogP) is 2.83. The molecule has 0 aliphatic rings. The van der Waals surface area contributed by atoms with Crippen LogP contribution in [-0.4, -0.2) is 19.8 Å². The summed E-state index contributed by atoms with van der Waals surface area (Å²) < 4.78 is 5.27. The normalized spacial score (nSPS) is 13.0. The van der Waals surface area contributed by atoms with E-state index in [0.717, 1.165) is 26.2 Å². The van der Waals surface area contributed by atoms with Crippen molar-refractivity contribution in [1.82, 2.24) is 5.32 Å². The maximum absolute atomic E-state index is 5.27. The predicted molar refractivity (Wildman–Crippen MR) is 61.8 cm³/mol. The third kappa shape index (κ3) is 4.22. The van der Waals surface area contributed by atoms with Gasteiger partial charge < -0.3 is 10.1 Å². The van der Waals surface area contributed by atoms with Crippen LogP contribution in [-0.2, 0) is 4.74 Å². The summed E-state index contributed by atoms with van der Waals surface area (Å²) in [7, 11) is 0. The molecule has 0 radical (unpaired) electrons. The molecule has 1 rings (SSSR count). The van der Waals surface area contributed by atoms with Crippen molar-refractivity contribution in [1.29, 1.82) is 0 Å². The monoisotopic (exact) mass is 213 g/mol. The zero-order valence-electron chi connectivity index (χ0n) is 8.95. The molecular formula is C11H19NOS. The van der Waals surface area contributed by atoms with E-state index < -0.39 is 0 Å². The highest BCUT2D eigenvalue weighted by Gasteiger charge is 2.03. The van der Waals surface area contributed by atoms with Crippen molar-refractivity contribution in [3.8, 4) is 0 Å². The molecular weight excluding hydrogens is 194 g/mol. The van der Waals surface area contributed by atoms with Gasteiger partial charge in [-0.15, -0.1) is 0 Å². The fraction of sp³-hybridized carbons (Fsp3) is 0.636. The fourth-order valence-electron chi connectivity index (χ4n) is 1.28. The van der Waals surface area contributed by atoms with Crippen LogP contribution in [0.5, 0.6) is 0 Å². The van der Waals surface area contributed by atoms with Crippen LogP contribution in [0.4, 0.5) is 0 Å². The summed E-state index contributed by atoms with van der Waals surface area (Å²) in [6.45, 7) is 6.93. The summed E-state index contributed by atoms with van der Waals surface area (Å²) >= 11 is 1.75. The molecule has 0 spiro atoms. The molecule has 0 aliphatic heterocycles. The zero-order valence-corrected chi connectivity index (χ0v) is 9.77. The maximum Gasteiger partial charge on any atom is 0.0477 e. The van der Waals surface area contributed by atoms with Crippen molar-refractivity contribution in [2.24, 2.45) is 0 Å². The van der Waals surface area contributed by atoms with Crippen molar-refractivity contribution in [3.63, 3.8) is 0 Å². The molecule has 0 bridgehead atoms. The van der Waals surface area contributed by atoms with Gasteiger partial charge in [0.15, 0.2) is 0 Å². The molecule has 0 aliphatic carbocycles. The van der Waals surface area contributed by atoms with Crippen LogP contribution >= 0.6 is 11.3 Å². The van der Waals surface area contributed by atoms with E-state index in [-0.39, 0.29) is 0 Å². The van der Waals surface area contributed by atoms with Crippen molar-refractivity contribution >= 4 is 11.3 Å². The lowest BCUT2D eigenvalue weighted by Crippen LogP contribution is -2.20. The van der Waals surface area contributed by atoms with Gasteiger partial charge in [-0.3, -0.25) is 0 Å². The van der Waals surface area contributed by atoms with Gasteiger partial charge in [0.25, 0.3) is 0 Å². The molecule has 1 N–H and O–H groups in total. The number of nitrogens with one attached hydrogen (secondary N) is 1. The molecule has 1 heterocycles. The minimum Gasteiger partial charge on any atom is -0.382 e. The van der Waals surface area contributed by atoms with Crippen molar-refractivity contribution < 1.29 is 4.74 Å². The first-order chi connectivity index (χ1) is 6.84. The summed E-state index contributed by atoms with van der Waals surface area (Å²) in [4.78, 5) is 0. The second-order valence-electron chi connectivity index (χ2n) is 3.28. The minimum absolute atomic E-state index is 0.461. The Balaban J connectivity index is 2.07. The van der Waals surface area contributed by atoms with Crippen LogP contribution in [0.2, 0.25) is 0 Å². The molecule has 1 aromatic heterocycles. The topological polar surface area (TPSA) is 21.3 Å². The first-order valence-corrected chi connectivity index (χ1v) is 6.12. The van der Waals surface area contributed by atoms with E-state index in [1.165, 1.54) is 5.56 Å². The first kappa shape index (κ1) is 11.7. The van der Waals surface area contributed by atoms with E-state index in [0.29, 0.717) is 6.04 Å². The molecule has 0 saturated heterocycles. The molecule has 0 fully saturated rings. The summed E-state index contributed by atoms with van der Waals surface area (Å²) in [5.41, 5.74) is 1.38. The molecule has 0 amide bonds. The average molecular weight is 213 g/mol. The minimum atomic E-state index is 0.461. The molecule has 1 atom stereocenters. The second-order valence-corrected chi connectivity index (χ2v) is 4.06. The highest BCUT2D eigenvalue weighted by molar-refractivity contribution is 7.07. The Morgan fingerprint density at radius 3 is 3.07 bits per heavy atom. The van der Waals surface area contributed by atoms with E-state index in [4.69, 9.17) is 4.74 Å². The fourth-order valence-corrected chi connectivity index (χ4v) is 2.03. The second kappa shape index (κ2) is 6.98. The Bertz CT molecular complexity index is 223. The van der Waals surface area contributed by atoms with Crippen molar-refractivity contribution in [2.75, 3.05) is 19.8 Å². The highest BCUT2D eigenvalue weighted by atomic mass is 32.1. The van der Waals surface area contributed by atoms with Crippen LogP contribution in [0.25, 0.3) is 0 Å². The van der Waals surface area contributed by atoms with Gasteiger partial charge in [-0.1, -0.05) is 0 Å². The summed E-state index contributed by atoms with van der Waals surface area (Å²) in [6, 6.07) is 2.63. The van der Waals surface area contributed by atoms with Gasteiger partial charge in [0.1, 0.15) is 0 Å². The highest BCUT2D eigenvalue weighted by Crippen LogP contribution is 2.14. The van der Waals surface area contributed by atoms with Crippen LogP contribution in [0.15, 0.2) is 16.8 Å². The Morgan fingerprint density at radius 1 is 1.57 bits per heavy atom. The number of rotatable bonds is 7. The lowest BCUT2D eigenvalue weighted by Gasteiger charge is -2.11. The molecule has 14 heavy (non-hydrogen) atoms. The quantitative estimate of drug-likeness (QED) is 0.703. The van der Waals surface area contributed by atoms with Gasteiger partial charge in [-0.25, -0.2) is 0 Å². The molecule has 80 valence electrons. The van der Waals surface area contributed by atoms with Gasteiger partial charge in [-0.2, -0.15) is 11.3 Å². The van der Waals surface area contributed by atoms with Gasteiger partial charge in [-0.05, 0) is 49.2 Å². The van der Waals surface area contributed by atoms with Gasteiger partial charge in [0.05, 0.1) is 0 Å². The largest absolute Gasteiger partial charge is 0.382 e. The Kier molecular flexibility index (Phi) is 5.83. The van der Waals surface area contributed by atoms with Crippen molar-refractivity contribution in [2.45, 2.75) is 26.3 Å². The van der Waals surface area contributed by atoms with Gasteiger partial charge in [0.2, 0.25) is 0 Å². The van der Waals surface area contributed by atoms with Crippen LogP contribution in [0, 0.1) is 0 Å². The Hall–Kier alpha value is -0.380.